The van der Waals surface area contributed by atoms with Crippen LogP contribution < -0.4 is 4.90 Å². The number of rotatable bonds is 4. The quantitative estimate of drug-likeness (QED) is 0.605. The van der Waals surface area contributed by atoms with Crippen LogP contribution in [0.5, 0.6) is 0 Å². The molecule has 3 aromatic rings. The zero-order chi connectivity index (χ0) is 18.1. The lowest BCUT2D eigenvalue weighted by Gasteiger charge is -2.30. The maximum atomic E-state index is 7.73. The van der Waals surface area contributed by atoms with Crippen molar-refractivity contribution in [3.63, 3.8) is 0 Å². The first-order valence-electron chi connectivity index (χ1n) is 9.24. The van der Waals surface area contributed by atoms with E-state index >= 15 is 0 Å². The predicted molar refractivity (Wildman–Crippen MR) is 111 cm³/mol. The van der Waals surface area contributed by atoms with Crippen molar-refractivity contribution in [3.05, 3.63) is 89.6 Å². The molecule has 1 aliphatic heterocycles. The van der Waals surface area contributed by atoms with Crippen molar-refractivity contribution in [2.45, 2.75) is 25.7 Å². The molecule has 1 aliphatic rings. The number of likely N-dealkylation sites (N-methyl/N-ethyl adjacent to an activating group) is 1. The fourth-order valence-corrected chi connectivity index (χ4v) is 4.50. The predicted octanol–water partition coefficient (Wildman–Crippen LogP) is 5.71. The van der Waals surface area contributed by atoms with Gasteiger partial charge in [-0.2, -0.15) is 0 Å². The van der Waals surface area contributed by atoms with Gasteiger partial charge in [0.05, 0.1) is 0 Å². The minimum atomic E-state index is -0.162. The smallest absolute Gasteiger partial charge is 0.0457 e. The molecule has 130 valence electrons. The fraction of sp³-hybridized carbons (Fsp3) is 0.208. The lowest BCUT2D eigenvalue weighted by Crippen LogP contribution is -2.30. The van der Waals surface area contributed by atoms with Crippen molar-refractivity contribution in [3.8, 4) is 0 Å². The molecule has 1 N–H and O–H groups in total. The van der Waals surface area contributed by atoms with Crippen LogP contribution in [0.25, 0.3) is 10.8 Å². The summed E-state index contributed by atoms with van der Waals surface area (Å²) < 4.78 is 0. The van der Waals surface area contributed by atoms with E-state index in [-0.39, 0.29) is 5.41 Å². The maximum Gasteiger partial charge on any atom is 0.0457 e. The monoisotopic (exact) mass is 340 g/mol. The minimum Gasteiger partial charge on any atom is -0.344 e. The van der Waals surface area contributed by atoms with Gasteiger partial charge in [0.25, 0.3) is 0 Å². The summed E-state index contributed by atoms with van der Waals surface area (Å²) in [6.45, 7) is 5.41. The fourth-order valence-electron chi connectivity index (χ4n) is 4.50. The van der Waals surface area contributed by atoms with Gasteiger partial charge >= 0.3 is 0 Å². The number of anilines is 1. The van der Waals surface area contributed by atoms with Crippen LogP contribution in [-0.4, -0.2) is 12.8 Å². The zero-order valence-corrected chi connectivity index (χ0v) is 15.4. The van der Waals surface area contributed by atoms with Crippen LogP contribution in [-0.2, 0) is 11.8 Å². The molecule has 0 spiro atoms. The molecule has 1 unspecified atom stereocenters. The van der Waals surface area contributed by atoms with Gasteiger partial charge in [-0.25, -0.2) is 0 Å². The van der Waals surface area contributed by atoms with E-state index in [1.165, 1.54) is 39.5 Å². The number of nitrogens with zero attached hydrogens (tertiary/aromatic N) is 1. The van der Waals surface area contributed by atoms with Gasteiger partial charge in [-0.15, -0.1) is 0 Å². The number of nitrogens with one attached hydrogen (secondary N) is 1. The van der Waals surface area contributed by atoms with Crippen LogP contribution in [0, 0.1) is 5.41 Å². The molecule has 0 aromatic heterocycles. The Kier molecular flexibility index (Phi) is 4.12. The highest BCUT2D eigenvalue weighted by Crippen LogP contribution is 2.52. The number of allylic oxidation sites excluding steroid dienone is 2. The summed E-state index contributed by atoms with van der Waals surface area (Å²) in [5.74, 6) is 0. The number of hydrogen-bond acceptors (Lipinski definition) is 2. The summed E-state index contributed by atoms with van der Waals surface area (Å²) in [5, 5.41) is 10.3. The molecule has 0 amide bonds. The number of benzene rings is 3. The molecule has 3 aromatic carbocycles. The average Bonchev–Trinajstić information content (AvgIpc) is 2.91. The van der Waals surface area contributed by atoms with Gasteiger partial charge in [0.1, 0.15) is 0 Å². The zero-order valence-electron chi connectivity index (χ0n) is 15.4. The van der Waals surface area contributed by atoms with E-state index in [9.17, 15) is 0 Å². The molecule has 0 saturated carbocycles. The Labute approximate surface area is 155 Å². The molecule has 0 radical (unpaired) electrons. The highest BCUT2D eigenvalue weighted by Gasteiger charge is 2.44. The Morgan fingerprint density at radius 1 is 0.962 bits per heavy atom. The molecule has 0 aliphatic carbocycles. The molecule has 0 saturated heterocycles. The Bertz CT molecular complexity index is 988. The molecule has 1 atom stereocenters. The summed E-state index contributed by atoms with van der Waals surface area (Å²) in [7, 11) is 0. The van der Waals surface area contributed by atoms with Gasteiger partial charge in [0.2, 0.25) is 0 Å². The van der Waals surface area contributed by atoms with Gasteiger partial charge < -0.3 is 10.3 Å². The van der Waals surface area contributed by atoms with Crippen LogP contribution >= 0.6 is 0 Å². The second kappa shape index (κ2) is 6.45. The number of hydrogen-bond donors (Lipinski definition) is 1. The van der Waals surface area contributed by atoms with E-state index < -0.39 is 0 Å². The van der Waals surface area contributed by atoms with Gasteiger partial charge in [-0.3, -0.25) is 0 Å². The third kappa shape index (κ3) is 2.45. The highest BCUT2D eigenvalue weighted by atomic mass is 15.2. The van der Waals surface area contributed by atoms with Gasteiger partial charge in [-0.05, 0) is 54.3 Å². The summed E-state index contributed by atoms with van der Waals surface area (Å²) in [6, 6.07) is 23.8. The Balaban J connectivity index is 2.01. The summed E-state index contributed by atoms with van der Waals surface area (Å²) in [5.41, 5.74) is 5.03. The summed E-state index contributed by atoms with van der Waals surface area (Å²) in [4.78, 5) is 2.37. The maximum absolute atomic E-state index is 7.73. The molecular formula is C24H24N2. The van der Waals surface area contributed by atoms with Crippen molar-refractivity contribution >= 4 is 22.7 Å². The first-order valence-corrected chi connectivity index (χ1v) is 9.24. The van der Waals surface area contributed by atoms with E-state index in [1.807, 2.05) is 6.08 Å². The van der Waals surface area contributed by atoms with Gasteiger partial charge in [0.15, 0.2) is 0 Å². The second-order valence-corrected chi connectivity index (χ2v) is 7.14. The topological polar surface area (TPSA) is 27.1 Å². The van der Waals surface area contributed by atoms with E-state index in [0.29, 0.717) is 0 Å². The first-order chi connectivity index (χ1) is 12.7. The first kappa shape index (κ1) is 16.6. The van der Waals surface area contributed by atoms with E-state index in [1.54, 1.807) is 0 Å². The molecule has 0 bridgehead atoms. The average molecular weight is 340 g/mol. The largest absolute Gasteiger partial charge is 0.344 e. The van der Waals surface area contributed by atoms with E-state index in [2.05, 4.69) is 85.5 Å². The lowest BCUT2D eigenvalue weighted by molar-refractivity contribution is 0.568. The van der Waals surface area contributed by atoms with Crippen molar-refractivity contribution in [2.24, 2.45) is 0 Å². The molecule has 1 heterocycles. The van der Waals surface area contributed by atoms with Crippen molar-refractivity contribution in [1.29, 1.82) is 5.41 Å². The molecule has 2 heteroatoms. The highest BCUT2D eigenvalue weighted by molar-refractivity contribution is 5.95. The standard InChI is InChI=1S/C24H24N2/c1-3-26-21-14-13-19-11-7-8-12-20(19)23(21)24(2,22(26)15-16-25)17-18-9-5-4-6-10-18/h4-16,25H,3,17H2,1-2H3/b22-15-,25-16?. The lowest BCUT2D eigenvalue weighted by atomic mass is 9.74. The second-order valence-electron chi connectivity index (χ2n) is 7.14. The molecule has 0 fully saturated rings. The Morgan fingerprint density at radius 2 is 1.69 bits per heavy atom. The van der Waals surface area contributed by atoms with Crippen LogP contribution in [0.2, 0.25) is 0 Å². The molecule has 26 heavy (non-hydrogen) atoms. The van der Waals surface area contributed by atoms with Crippen LogP contribution in [0.4, 0.5) is 5.69 Å². The number of fused-ring (bicyclic) bond motifs is 3. The summed E-state index contributed by atoms with van der Waals surface area (Å²) in [6.07, 6.45) is 4.32. The van der Waals surface area contributed by atoms with Gasteiger partial charge in [0, 0.05) is 29.6 Å². The van der Waals surface area contributed by atoms with Crippen LogP contribution in [0.1, 0.15) is 25.0 Å². The normalized spacial score (nSPS) is 20.5. The van der Waals surface area contributed by atoms with E-state index in [0.717, 1.165) is 13.0 Å². The third-order valence-electron chi connectivity index (χ3n) is 5.56. The minimum absolute atomic E-state index is 0.162. The molecular weight excluding hydrogens is 316 g/mol. The van der Waals surface area contributed by atoms with Crippen molar-refractivity contribution in [2.75, 3.05) is 11.4 Å². The van der Waals surface area contributed by atoms with Crippen LogP contribution in [0.3, 0.4) is 0 Å². The Morgan fingerprint density at radius 3 is 2.42 bits per heavy atom. The van der Waals surface area contributed by atoms with Crippen molar-refractivity contribution < 1.29 is 0 Å². The van der Waals surface area contributed by atoms with E-state index in [4.69, 9.17) is 5.41 Å². The third-order valence-corrected chi connectivity index (χ3v) is 5.56. The van der Waals surface area contributed by atoms with Gasteiger partial charge in [-0.1, -0.05) is 60.7 Å². The summed E-state index contributed by atoms with van der Waals surface area (Å²) >= 11 is 0. The molecule has 2 nitrogen and oxygen atoms in total. The van der Waals surface area contributed by atoms with Crippen molar-refractivity contribution in [1.82, 2.24) is 0 Å². The van der Waals surface area contributed by atoms with Crippen LogP contribution in [0.15, 0.2) is 78.5 Å². The Hall–Kier alpha value is -2.87. The SMILES string of the molecule is CCN1/C(=C\C=N)C(C)(Cc2ccccc2)c2c1ccc1ccccc21. The molecule has 4 rings (SSSR count).